The molecule has 1 saturated heterocycles. The van der Waals surface area contributed by atoms with Crippen LogP contribution in [0.25, 0.3) is 0 Å². The third-order valence-electron chi connectivity index (χ3n) is 4.54. The van der Waals surface area contributed by atoms with Crippen molar-refractivity contribution in [3.8, 4) is 5.75 Å². The Balaban J connectivity index is 2.27. The summed E-state index contributed by atoms with van der Waals surface area (Å²) in [7, 11) is 1.62. The largest absolute Gasteiger partial charge is 0.496 e. The first kappa shape index (κ1) is 15.8. The van der Waals surface area contributed by atoms with Crippen LogP contribution in [0.3, 0.4) is 0 Å². The van der Waals surface area contributed by atoms with Crippen molar-refractivity contribution in [3.63, 3.8) is 0 Å². The van der Waals surface area contributed by atoms with Gasteiger partial charge in [-0.15, -0.1) is 0 Å². The van der Waals surface area contributed by atoms with Gasteiger partial charge in [0.2, 0.25) is 0 Å². The molecule has 2 atom stereocenters. The van der Waals surface area contributed by atoms with Crippen molar-refractivity contribution in [1.82, 2.24) is 4.90 Å². The average Bonchev–Trinajstić information content (AvgIpc) is 2.47. The predicted octanol–water partition coefficient (Wildman–Crippen LogP) is 2.81. The summed E-state index contributed by atoms with van der Waals surface area (Å²) < 4.78 is 5.37. The zero-order chi connectivity index (χ0) is 15.5. The summed E-state index contributed by atoms with van der Waals surface area (Å²) in [6.07, 6.45) is 2.70. The van der Waals surface area contributed by atoms with E-state index in [4.69, 9.17) is 4.74 Å². The van der Waals surface area contributed by atoms with Gasteiger partial charge in [0.1, 0.15) is 11.3 Å². The SMILES string of the molecule is COc1ccccc1CC(C)(C(=O)O)N1CCCC(C)C1. The number of hydrogen-bond acceptors (Lipinski definition) is 3. The second-order valence-electron chi connectivity index (χ2n) is 6.26. The van der Waals surface area contributed by atoms with Crippen LogP contribution in [0.15, 0.2) is 24.3 Å². The molecule has 116 valence electrons. The average molecular weight is 291 g/mol. The lowest BCUT2D eigenvalue weighted by Crippen LogP contribution is -2.57. The Bertz CT molecular complexity index is 503. The number of carboxylic acid groups (broad SMARTS) is 1. The van der Waals surface area contributed by atoms with E-state index < -0.39 is 11.5 Å². The van der Waals surface area contributed by atoms with Crippen LogP contribution >= 0.6 is 0 Å². The number of aliphatic carboxylic acids is 1. The highest BCUT2D eigenvalue weighted by atomic mass is 16.5. The Labute approximate surface area is 126 Å². The molecule has 21 heavy (non-hydrogen) atoms. The highest BCUT2D eigenvalue weighted by Gasteiger charge is 2.41. The number of likely N-dealkylation sites (tertiary alicyclic amines) is 1. The summed E-state index contributed by atoms with van der Waals surface area (Å²) in [6, 6.07) is 7.67. The maximum Gasteiger partial charge on any atom is 0.324 e. The first-order valence-electron chi connectivity index (χ1n) is 7.57. The first-order valence-corrected chi connectivity index (χ1v) is 7.57. The second-order valence-corrected chi connectivity index (χ2v) is 6.26. The summed E-state index contributed by atoms with van der Waals surface area (Å²) in [4.78, 5) is 14.1. The zero-order valence-corrected chi connectivity index (χ0v) is 13.1. The molecule has 4 nitrogen and oxygen atoms in total. The minimum atomic E-state index is -0.886. The van der Waals surface area contributed by atoms with Gasteiger partial charge < -0.3 is 9.84 Å². The topological polar surface area (TPSA) is 49.8 Å². The Hall–Kier alpha value is -1.55. The molecule has 1 aromatic carbocycles. The summed E-state index contributed by atoms with van der Waals surface area (Å²) in [5.74, 6) is 0.549. The van der Waals surface area contributed by atoms with Crippen molar-refractivity contribution < 1.29 is 14.6 Å². The molecule has 1 N–H and O–H groups in total. The van der Waals surface area contributed by atoms with Crippen molar-refractivity contribution >= 4 is 5.97 Å². The van der Waals surface area contributed by atoms with Crippen LogP contribution in [-0.2, 0) is 11.2 Å². The fraction of sp³-hybridized carbons (Fsp3) is 0.588. The number of para-hydroxylation sites is 1. The number of methoxy groups -OCH3 is 1. The monoisotopic (exact) mass is 291 g/mol. The molecule has 0 saturated carbocycles. The third-order valence-corrected chi connectivity index (χ3v) is 4.54. The van der Waals surface area contributed by atoms with Gasteiger partial charge in [0.05, 0.1) is 7.11 Å². The molecule has 4 heteroatoms. The van der Waals surface area contributed by atoms with Crippen molar-refractivity contribution in [3.05, 3.63) is 29.8 Å². The van der Waals surface area contributed by atoms with Gasteiger partial charge in [-0.05, 0) is 43.9 Å². The number of carboxylic acids is 1. The lowest BCUT2D eigenvalue weighted by Gasteiger charge is -2.42. The van der Waals surface area contributed by atoms with Crippen LogP contribution in [0, 0.1) is 5.92 Å². The second kappa shape index (κ2) is 6.48. The molecule has 2 rings (SSSR count). The van der Waals surface area contributed by atoms with Gasteiger partial charge >= 0.3 is 5.97 Å². The van der Waals surface area contributed by atoms with Gasteiger partial charge in [0.25, 0.3) is 0 Å². The van der Waals surface area contributed by atoms with Crippen LogP contribution in [0.4, 0.5) is 0 Å². The van der Waals surface area contributed by atoms with Crippen LogP contribution in [0.2, 0.25) is 0 Å². The molecule has 1 aliphatic heterocycles. The molecular formula is C17H25NO3. The fourth-order valence-electron chi connectivity index (χ4n) is 3.18. The van der Waals surface area contributed by atoms with E-state index >= 15 is 0 Å². The van der Waals surface area contributed by atoms with Gasteiger partial charge in [-0.1, -0.05) is 25.1 Å². The van der Waals surface area contributed by atoms with Crippen LogP contribution < -0.4 is 4.74 Å². The summed E-state index contributed by atoms with van der Waals surface area (Å²) in [6.45, 7) is 5.72. The minimum Gasteiger partial charge on any atom is -0.496 e. The van der Waals surface area contributed by atoms with E-state index in [2.05, 4.69) is 11.8 Å². The highest BCUT2D eigenvalue weighted by Crippen LogP contribution is 2.30. The minimum absolute atomic E-state index is 0.457. The Morgan fingerprint density at radius 3 is 2.81 bits per heavy atom. The number of rotatable bonds is 5. The van der Waals surface area contributed by atoms with E-state index in [1.807, 2.05) is 31.2 Å². The molecule has 1 aliphatic rings. The number of piperidine rings is 1. The predicted molar refractivity (Wildman–Crippen MR) is 82.7 cm³/mol. The molecule has 1 aromatic rings. The van der Waals surface area contributed by atoms with Crippen molar-refractivity contribution in [2.45, 2.75) is 38.6 Å². The van der Waals surface area contributed by atoms with Gasteiger partial charge in [-0.2, -0.15) is 0 Å². The lowest BCUT2D eigenvalue weighted by molar-refractivity contribution is -0.151. The molecule has 0 bridgehead atoms. The normalized spacial score (nSPS) is 22.5. The maximum absolute atomic E-state index is 11.9. The number of nitrogens with zero attached hydrogens (tertiary/aromatic N) is 1. The van der Waals surface area contributed by atoms with E-state index in [1.54, 1.807) is 7.11 Å². The number of benzene rings is 1. The highest BCUT2D eigenvalue weighted by molar-refractivity contribution is 5.79. The molecule has 1 heterocycles. The molecule has 0 aliphatic carbocycles. The van der Waals surface area contributed by atoms with E-state index in [0.29, 0.717) is 12.3 Å². The number of carbonyl (C=O) groups is 1. The zero-order valence-electron chi connectivity index (χ0n) is 13.1. The van der Waals surface area contributed by atoms with E-state index in [0.717, 1.165) is 30.8 Å². The molecule has 1 fully saturated rings. The van der Waals surface area contributed by atoms with Gasteiger partial charge in [0, 0.05) is 13.0 Å². The van der Waals surface area contributed by atoms with Crippen LogP contribution in [0.1, 0.15) is 32.3 Å². The van der Waals surface area contributed by atoms with Gasteiger partial charge in [0.15, 0.2) is 0 Å². The molecular weight excluding hydrogens is 266 g/mol. The Morgan fingerprint density at radius 1 is 1.48 bits per heavy atom. The summed E-state index contributed by atoms with van der Waals surface area (Å²) >= 11 is 0. The number of hydrogen-bond donors (Lipinski definition) is 1. The quantitative estimate of drug-likeness (QED) is 0.906. The fourth-order valence-corrected chi connectivity index (χ4v) is 3.18. The van der Waals surface area contributed by atoms with Crippen LogP contribution in [0.5, 0.6) is 5.75 Å². The van der Waals surface area contributed by atoms with Crippen molar-refractivity contribution in [2.75, 3.05) is 20.2 Å². The smallest absolute Gasteiger partial charge is 0.324 e. The lowest BCUT2D eigenvalue weighted by atomic mass is 9.87. The Morgan fingerprint density at radius 2 is 2.19 bits per heavy atom. The van der Waals surface area contributed by atoms with E-state index in [9.17, 15) is 9.90 Å². The molecule has 0 amide bonds. The summed E-state index contributed by atoms with van der Waals surface area (Å²) in [5.41, 5.74) is 0.0617. The van der Waals surface area contributed by atoms with Crippen molar-refractivity contribution in [1.29, 1.82) is 0 Å². The van der Waals surface area contributed by atoms with Crippen molar-refractivity contribution in [2.24, 2.45) is 5.92 Å². The number of ether oxygens (including phenoxy) is 1. The molecule has 0 spiro atoms. The van der Waals surface area contributed by atoms with Crippen LogP contribution in [-0.4, -0.2) is 41.7 Å². The first-order chi connectivity index (χ1) is 9.97. The Kier molecular flexibility index (Phi) is 4.88. The summed E-state index contributed by atoms with van der Waals surface area (Å²) in [5, 5.41) is 9.81. The molecule has 2 unspecified atom stereocenters. The third kappa shape index (κ3) is 3.38. The van der Waals surface area contributed by atoms with Gasteiger partial charge in [-0.25, -0.2) is 0 Å². The molecule has 0 aromatic heterocycles. The van der Waals surface area contributed by atoms with Gasteiger partial charge in [-0.3, -0.25) is 9.69 Å². The standard InChI is InChI=1S/C17H25NO3/c1-13-7-6-10-18(12-13)17(2,16(19)20)11-14-8-4-5-9-15(14)21-3/h4-5,8-9,13H,6-7,10-12H2,1-3H3,(H,19,20). The van der Waals surface area contributed by atoms with E-state index in [-0.39, 0.29) is 0 Å². The maximum atomic E-state index is 11.9. The van der Waals surface area contributed by atoms with E-state index in [1.165, 1.54) is 6.42 Å². The molecule has 0 radical (unpaired) electrons.